The van der Waals surface area contributed by atoms with Gasteiger partial charge in [0, 0.05) is 31.9 Å². The van der Waals surface area contributed by atoms with E-state index >= 15 is 0 Å². The molecule has 0 atom stereocenters. The predicted octanol–water partition coefficient (Wildman–Crippen LogP) is 4.11. The molecule has 0 saturated heterocycles. The highest BCUT2D eigenvalue weighted by atomic mass is 16.1. The van der Waals surface area contributed by atoms with Crippen molar-refractivity contribution in [3.8, 4) is 0 Å². The van der Waals surface area contributed by atoms with E-state index in [0.717, 1.165) is 23.4 Å². The number of amides is 1. The molecule has 0 aromatic heterocycles. The summed E-state index contributed by atoms with van der Waals surface area (Å²) in [6.45, 7) is 9.25. The molecule has 0 saturated carbocycles. The van der Waals surface area contributed by atoms with Gasteiger partial charge in [-0.05, 0) is 47.2 Å². The van der Waals surface area contributed by atoms with Crippen LogP contribution < -0.4 is 10.7 Å². The van der Waals surface area contributed by atoms with E-state index in [1.807, 2.05) is 62.4 Å². The number of carbonyl (C=O) groups excluding carboxylic acids is 1. The van der Waals surface area contributed by atoms with Crippen molar-refractivity contribution >= 4 is 11.6 Å². The Kier molecular flexibility index (Phi) is 5.98. The minimum atomic E-state index is -0.0822. The number of hydrogen-bond acceptors (Lipinski definition) is 3. The molecule has 0 heterocycles. The highest BCUT2D eigenvalue weighted by Crippen LogP contribution is 2.23. The first kappa shape index (κ1) is 19.2. The third kappa shape index (κ3) is 5.15. The zero-order valence-corrected chi connectivity index (χ0v) is 16.1. The monoisotopic (exact) mass is 339 g/mol. The Labute approximate surface area is 151 Å². The summed E-state index contributed by atoms with van der Waals surface area (Å²) in [6.07, 6.45) is 0. The van der Waals surface area contributed by atoms with Crippen LogP contribution in [0.25, 0.3) is 0 Å². The lowest BCUT2D eigenvalue weighted by Crippen LogP contribution is -2.30. The van der Waals surface area contributed by atoms with Crippen LogP contribution in [0.3, 0.4) is 0 Å². The summed E-state index contributed by atoms with van der Waals surface area (Å²) in [5.41, 5.74) is 8.32. The van der Waals surface area contributed by atoms with Gasteiger partial charge in [0.05, 0.1) is 0 Å². The largest absolute Gasteiger partial charge is 0.322 e. The summed E-state index contributed by atoms with van der Waals surface area (Å²) in [7, 11) is 3.92. The molecule has 0 aliphatic heterocycles. The maximum absolute atomic E-state index is 12.6. The van der Waals surface area contributed by atoms with E-state index in [9.17, 15) is 4.79 Å². The SMILES string of the molecule is Cc1c(CNN(C)C)cccc1NC(=O)c1ccc(C(C)(C)C)cc1. The van der Waals surface area contributed by atoms with Crippen LogP contribution in [0.15, 0.2) is 42.5 Å². The summed E-state index contributed by atoms with van der Waals surface area (Å²) in [6, 6.07) is 13.8. The number of nitrogens with zero attached hydrogens (tertiary/aromatic N) is 1. The second-order valence-electron chi connectivity index (χ2n) is 7.60. The van der Waals surface area contributed by atoms with E-state index < -0.39 is 0 Å². The maximum atomic E-state index is 12.6. The minimum Gasteiger partial charge on any atom is -0.322 e. The molecule has 4 nitrogen and oxygen atoms in total. The van der Waals surface area contributed by atoms with Gasteiger partial charge in [-0.1, -0.05) is 45.0 Å². The standard InChI is InChI=1S/C21H29N3O/c1-15-17(14-22-24(5)6)8-7-9-19(15)23-20(25)16-10-12-18(13-11-16)21(2,3)4/h7-13,22H,14H2,1-6H3,(H,23,25). The summed E-state index contributed by atoms with van der Waals surface area (Å²) in [4.78, 5) is 12.6. The molecule has 1 amide bonds. The zero-order chi connectivity index (χ0) is 18.6. The number of rotatable bonds is 5. The van der Waals surface area contributed by atoms with Gasteiger partial charge < -0.3 is 5.32 Å². The fraction of sp³-hybridized carbons (Fsp3) is 0.381. The second kappa shape index (κ2) is 7.81. The molecule has 0 aliphatic carbocycles. The van der Waals surface area contributed by atoms with Crippen LogP contribution in [-0.4, -0.2) is 25.0 Å². The normalized spacial score (nSPS) is 11.6. The third-order valence-corrected chi connectivity index (χ3v) is 4.29. The fourth-order valence-electron chi connectivity index (χ4n) is 2.57. The van der Waals surface area contributed by atoms with Crippen molar-refractivity contribution < 1.29 is 4.79 Å². The Morgan fingerprint density at radius 2 is 1.68 bits per heavy atom. The summed E-state index contributed by atoms with van der Waals surface area (Å²) in [5.74, 6) is -0.0822. The van der Waals surface area contributed by atoms with Crippen molar-refractivity contribution in [2.24, 2.45) is 0 Å². The van der Waals surface area contributed by atoms with Gasteiger partial charge in [-0.25, -0.2) is 0 Å². The predicted molar refractivity (Wildman–Crippen MR) is 105 cm³/mol. The molecule has 0 spiro atoms. The fourth-order valence-corrected chi connectivity index (χ4v) is 2.57. The second-order valence-corrected chi connectivity index (χ2v) is 7.60. The quantitative estimate of drug-likeness (QED) is 0.806. The van der Waals surface area contributed by atoms with Gasteiger partial charge >= 0.3 is 0 Å². The van der Waals surface area contributed by atoms with E-state index in [1.165, 1.54) is 5.56 Å². The maximum Gasteiger partial charge on any atom is 0.255 e. The number of carbonyl (C=O) groups is 1. The Hall–Kier alpha value is -2.17. The van der Waals surface area contributed by atoms with Gasteiger partial charge in [0.25, 0.3) is 5.91 Å². The lowest BCUT2D eigenvalue weighted by Gasteiger charge is -2.19. The zero-order valence-electron chi connectivity index (χ0n) is 16.1. The van der Waals surface area contributed by atoms with Crippen LogP contribution in [0, 0.1) is 6.92 Å². The molecule has 0 fully saturated rings. The summed E-state index contributed by atoms with van der Waals surface area (Å²) in [5, 5.41) is 4.95. The molecule has 0 bridgehead atoms. The Morgan fingerprint density at radius 1 is 1.04 bits per heavy atom. The molecule has 134 valence electrons. The third-order valence-electron chi connectivity index (χ3n) is 4.29. The van der Waals surface area contributed by atoms with Crippen LogP contribution in [0.4, 0.5) is 5.69 Å². The van der Waals surface area contributed by atoms with Crippen molar-refractivity contribution in [2.45, 2.75) is 39.7 Å². The molecule has 0 radical (unpaired) electrons. The summed E-state index contributed by atoms with van der Waals surface area (Å²) >= 11 is 0. The van der Waals surface area contributed by atoms with Crippen molar-refractivity contribution in [1.29, 1.82) is 0 Å². The van der Waals surface area contributed by atoms with Crippen molar-refractivity contribution in [3.05, 3.63) is 64.7 Å². The minimum absolute atomic E-state index is 0.0822. The molecule has 25 heavy (non-hydrogen) atoms. The lowest BCUT2D eigenvalue weighted by molar-refractivity contribution is 0.102. The average molecular weight is 339 g/mol. The molecule has 0 unspecified atom stereocenters. The highest BCUT2D eigenvalue weighted by Gasteiger charge is 2.15. The van der Waals surface area contributed by atoms with Crippen LogP contribution >= 0.6 is 0 Å². The molecular weight excluding hydrogens is 310 g/mol. The van der Waals surface area contributed by atoms with Gasteiger partial charge in [-0.3, -0.25) is 15.2 Å². The molecule has 0 aliphatic rings. The van der Waals surface area contributed by atoms with Gasteiger partial charge in [0.15, 0.2) is 0 Å². The average Bonchev–Trinajstić information content (AvgIpc) is 2.54. The Morgan fingerprint density at radius 3 is 2.24 bits per heavy atom. The Bertz CT molecular complexity index is 728. The van der Waals surface area contributed by atoms with Crippen LogP contribution in [0.2, 0.25) is 0 Å². The smallest absolute Gasteiger partial charge is 0.255 e. The molecular formula is C21H29N3O. The van der Waals surface area contributed by atoms with Crippen molar-refractivity contribution in [1.82, 2.24) is 10.4 Å². The first-order valence-corrected chi connectivity index (χ1v) is 8.59. The van der Waals surface area contributed by atoms with Gasteiger partial charge in [-0.2, -0.15) is 0 Å². The highest BCUT2D eigenvalue weighted by molar-refractivity contribution is 6.04. The lowest BCUT2D eigenvalue weighted by atomic mass is 9.86. The topological polar surface area (TPSA) is 44.4 Å². The molecule has 2 rings (SSSR count). The van der Waals surface area contributed by atoms with E-state index in [2.05, 4.69) is 37.6 Å². The number of hydrogen-bond donors (Lipinski definition) is 2. The molecule has 2 aromatic rings. The van der Waals surface area contributed by atoms with Crippen molar-refractivity contribution in [3.63, 3.8) is 0 Å². The van der Waals surface area contributed by atoms with E-state index in [1.54, 1.807) is 0 Å². The van der Waals surface area contributed by atoms with Gasteiger partial charge in [0.1, 0.15) is 0 Å². The number of hydrazine groups is 1. The Balaban J connectivity index is 2.14. The van der Waals surface area contributed by atoms with Crippen molar-refractivity contribution in [2.75, 3.05) is 19.4 Å². The van der Waals surface area contributed by atoms with Crippen LogP contribution in [0.1, 0.15) is 47.8 Å². The van der Waals surface area contributed by atoms with Gasteiger partial charge in [-0.15, -0.1) is 0 Å². The van der Waals surface area contributed by atoms with Crippen LogP contribution in [-0.2, 0) is 12.0 Å². The number of nitrogens with one attached hydrogen (secondary N) is 2. The first-order valence-electron chi connectivity index (χ1n) is 8.59. The first-order chi connectivity index (χ1) is 11.7. The van der Waals surface area contributed by atoms with E-state index in [4.69, 9.17) is 0 Å². The van der Waals surface area contributed by atoms with Crippen LogP contribution in [0.5, 0.6) is 0 Å². The summed E-state index contributed by atoms with van der Waals surface area (Å²) < 4.78 is 0. The molecule has 2 N–H and O–H groups in total. The van der Waals surface area contributed by atoms with Gasteiger partial charge in [0.2, 0.25) is 0 Å². The molecule has 4 heteroatoms. The number of benzene rings is 2. The number of anilines is 1. The molecule has 2 aromatic carbocycles. The van der Waals surface area contributed by atoms with E-state index in [-0.39, 0.29) is 11.3 Å². The van der Waals surface area contributed by atoms with E-state index in [0.29, 0.717) is 5.56 Å².